The molecule has 0 aliphatic carbocycles. The Balaban J connectivity index is 2.17. The molecule has 84 valence electrons. The molecule has 1 N–H and O–H groups in total. The number of nitriles is 1. The summed E-state index contributed by atoms with van der Waals surface area (Å²) in [5, 5.41) is 11.8. The summed E-state index contributed by atoms with van der Waals surface area (Å²) in [4.78, 5) is 15.8. The zero-order valence-corrected chi connectivity index (χ0v) is 9.78. The molecule has 5 nitrogen and oxygen atoms in total. The number of nitrogens with zero attached hydrogens (tertiary/aromatic N) is 3. The number of aryl methyl sites for hydroxylation is 1. The van der Waals surface area contributed by atoms with Crippen molar-refractivity contribution in [3.63, 3.8) is 0 Å². The summed E-state index contributed by atoms with van der Waals surface area (Å²) in [6.07, 6.45) is 0. The van der Waals surface area contributed by atoms with Crippen LogP contribution < -0.4 is 5.32 Å². The van der Waals surface area contributed by atoms with Crippen LogP contribution in [-0.2, 0) is 0 Å². The van der Waals surface area contributed by atoms with Gasteiger partial charge >= 0.3 is 0 Å². The lowest BCUT2D eigenvalue weighted by Crippen LogP contribution is -2.11. The smallest absolute Gasteiger partial charge is 0.257 e. The fourth-order valence-corrected chi connectivity index (χ4v) is 1.82. The number of amides is 1. The average molecular weight is 244 g/mol. The van der Waals surface area contributed by atoms with Crippen molar-refractivity contribution in [1.29, 1.82) is 5.26 Å². The third-order valence-electron chi connectivity index (χ3n) is 2.00. The molecule has 0 saturated carbocycles. The van der Waals surface area contributed by atoms with Gasteiger partial charge in [-0.05, 0) is 25.1 Å². The monoisotopic (exact) mass is 244 g/mol. The van der Waals surface area contributed by atoms with E-state index in [-0.39, 0.29) is 5.91 Å². The molecule has 0 spiro atoms. The molecule has 0 aliphatic heterocycles. The van der Waals surface area contributed by atoms with E-state index in [4.69, 9.17) is 5.26 Å². The second-order valence-electron chi connectivity index (χ2n) is 3.29. The maximum atomic E-state index is 11.8. The second-order valence-corrected chi connectivity index (χ2v) is 4.05. The van der Waals surface area contributed by atoms with Gasteiger partial charge in [-0.3, -0.25) is 10.1 Å². The number of rotatable bonds is 2. The molecule has 17 heavy (non-hydrogen) atoms. The molecular weight excluding hydrogens is 236 g/mol. The van der Waals surface area contributed by atoms with Crippen LogP contribution in [-0.4, -0.2) is 15.3 Å². The fourth-order valence-electron chi connectivity index (χ4n) is 1.25. The Labute approximate surface area is 102 Å². The van der Waals surface area contributed by atoms with Crippen LogP contribution in [0.1, 0.15) is 21.7 Å². The molecule has 0 bridgehead atoms. The molecule has 0 radical (unpaired) electrons. The quantitative estimate of drug-likeness (QED) is 0.875. The number of benzene rings is 1. The van der Waals surface area contributed by atoms with Gasteiger partial charge < -0.3 is 0 Å². The van der Waals surface area contributed by atoms with Gasteiger partial charge in [0.15, 0.2) is 0 Å². The maximum absolute atomic E-state index is 11.8. The molecular formula is C11H8N4OS. The molecule has 1 aromatic heterocycles. The third kappa shape index (κ3) is 2.65. The van der Waals surface area contributed by atoms with E-state index in [0.29, 0.717) is 22.1 Å². The molecule has 0 atom stereocenters. The minimum Gasteiger partial charge on any atom is -0.297 e. The van der Waals surface area contributed by atoms with Gasteiger partial charge in [-0.15, -0.1) is 0 Å². The van der Waals surface area contributed by atoms with Crippen molar-refractivity contribution in [2.45, 2.75) is 6.92 Å². The van der Waals surface area contributed by atoms with Gasteiger partial charge in [0.2, 0.25) is 5.13 Å². The zero-order valence-electron chi connectivity index (χ0n) is 8.97. The highest BCUT2D eigenvalue weighted by Gasteiger charge is 2.09. The number of carbonyl (C=O) groups is 1. The Bertz CT molecular complexity index is 600. The van der Waals surface area contributed by atoms with Crippen molar-refractivity contribution in [2.24, 2.45) is 0 Å². The minimum atomic E-state index is -0.293. The van der Waals surface area contributed by atoms with Crippen molar-refractivity contribution in [3.8, 4) is 6.07 Å². The zero-order chi connectivity index (χ0) is 12.3. The van der Waals surface area contributed by atoms with Crippen LogP contribution in [0.2, 0.25) is 0 Å². The van der Waals surface area contributed by atoms with Crippen molar-refractivity contribution in [2.75, 3.05) is 5.32 Å². The van der Waals surface area contributed by atoms with Crippen LogP contribution in [0.4, 0.5) is 5.13 Å². The first-order chi connectivity index (χ1) is 8.19. The van der Waals surface area contributed by atoms with Crippen LogP contribution in [0.5, 0.6) is 0 Å². The number of aromatic nitrogens is 2. The Kier molecular flexibility index (Phi) is 3.12. The van der Waals surface area contributed by atoms with E-state index in [0.717, 1.165) is 11.5 Å². The Morgan fingerprint density at radius 3 is 3.00 bits per heavy atom. The molecule has 0 aliphatic rings. The van der Waals surface area contributed by atoms with Crippen LogP contribution in [0.15, 0.2) is 24.3 Å². The van der Waals surface area contributed by atoms with Gasteiger partial charge in [0.1, 0.15) is 5.82 Å². The maximum Gasteiger partial charge on any atom is 0.257 e. The molecule has 0 unspecified atom stereocenters. The van der Waals surface area contributed by atoms with Crippen molar-refractivity contribution >= 4 is 22.6 Å². The predicted octanol–water partition coefficient (Wildman–Crippen LogP) is 1.97. The highest BCUT2D eigenvalue weighted by molar-refractivity contribution is 7.09. The van der Waals surface area contributed by atoms with Gasteiger partial charge in [0.05, 0.1) is 11.6 Å². The summed E-state index contributed by atoms with van der Waals surface area (Å²) >= 11 is 1.12. The number of anilines is 1. The summed E-state index contributed by atoms with van der Waals surface area (Å²) < 4.78 is 3.96. The summed E-state index contributed by atoms with van der Waals surface area (Å²) in [7, 11) is 0. The van der Waals surface area contributed by atoms with Crippen molar-refractivity contribution in [1.82, 2.24) is 9.36 Å². The van der Waals surface area contributed by atoms with Crippen molar-refractivity contribution in [3.05, 3.63) is 41.2 Å². The second kappa shape index (κ2) is 4.72. The van der Waals surface area contributed by atoms with Crippen LogP contribution >= 0.6 is 11.5 Å². The fraction of sp³-hybridized carbons (Fsp3) is 0.0909. The average Bonchev–Trinajstić information content (AvgIpc) is 2.75. The molecule has 0 fully saturated rings. The Morgan fingerprint density at radius 1 is 1.53 bits per heavy atom. The van der Waals surface area contributed by atoms with E-state index in [1.165, 1.54) is 6.07 Å². The normalized spacial score (nSPS) is 9.65. The molecule has 1 heterocycles. The van der Waals surface area contributed by atoms with Gasteiger partial charge in [0.25, 0.3) is 5.91 Å². The Hall–Kier alpha value is -2.26. The van der Waals surface area contributed by atoms with E-state index >= 15 is 0 Å². The standard InChI is InChI=1S/C11H8N4OS/c1-7-13-11(17-15-7)14-10(16)9-4-2-3-8(5-9)6-12/h2-5H,1H3,(H,13,14,15,16). The molecule has 1 amide bonds. The Morgan fingerprint density at radius 2 is 2.35 bits per heavy atom. The first kappa shape index (κ1) is 11.2. The summed E-state index contributed by atoms with van der Waals surface area (Å²) in [5.74, 6) is 0.328. The predicted molar refractivity (Wildman–Crippen MR) is 63.8 cm³/mol. The number of hydrogen-bond donors (Lipinski definition) is 1. The lowest BCUT2D eigenvalue weighted by Gasteiger charge is -2.00. The molecule has 1 aromatic carbocycles. The lowest BCUT2D eigenvalue weighted by atomic mass is 10.1. The number of nitrogens with one attached hydrogen (secondary N) is 1. The summed E-state index contributed by atoms with van der Waals surface area (Å²) in [6.45, 7) is 1.75. The van der Waals surface area contributed by atoms with Crippen LogP contribution in [0.3, 0.4) is 0 Å². The molecule has 2 aromatic rings. The van der Waals surface area contributed by atoms with Gasteiger partial charge in [-0.2, -0.15) is 9.64 Å². The molecule has 0 saturated heterocycles. The summed E-state index contributed by atoms with van der Waals surface area (Å²) in [5.41, 5.74) is 0.878. The largest absolute Gasteiger partial charge is 0.297 e. The van der Waals surface area contributed by atoms with Crippen molar-refractivity contribution < 1.29 is 4.79 Å². The summed E-state index contributed by atoms with van der Waals surface area (Å²) in [6, 6.07) is 8.47. The number of carbonyl (C=O) groups excluding carboxylic acids is 1. The number of hydrogen-bond acceptors (Lipinski definition) is 5. The first-order valence-corrected chi connectivity index (χ1v) is 5.58. The van der Waals surface area contributed by atoms with E-state index < -0.39 is 0 Å². The highest BCUT2D eigenvalue weighted by Crippen LogP contribution is 2.12. The van der Waals surface area contributed by atoms with Gasteiger partial charge in [0, 0.05) is 17.1 Å². The first-order valence-electron chi connectivity index (χ1n) is 4.81. The van der Waals surface area contributed by atoms with E-state index in [1.54, 1.807) is 25.1 Å². The topological polar surface area (TPSA) is 78.7 Å². The van der Waals surface area contributed by atoms with Gasteiger partial charge in [-0.1, -0.05) is 6.07 Å². The van der Waals surface area contributed by atoms with E-state index in [9.17, 15) is 4.79 Å². The lowest BCUT2D eigenvalue weighted by molar-refractivity contribution is 0.102. The molecule has 6 heteroatoms. The minimum absolute atomic E-state index is 0.293. The van der Waals surface area contributed by atoms with Gasteiger partial charge in [-0.25, -0.2) is 4.98 Å². The third-order valence-corrected chi connectivity index (χ3v) is 2.72. The molecule has 2 rings (SSSR count). The highest BCUT2D eigenvalue weighted by atomic mass is 32.1. The van der Waals surface area contributed by atoms with Crippen LogP contribution in [0, 0.1) is 18.3 Å². The van der Waals surface area contributed by atoms with E-state index in [1.807, 2.05) is 6.07 Å². The van der Waals surface area contributed by atoms with Crippen LogP contribution in [0.25, 0.3) is 0 Å². The SMILES string of the molecule is Cc1nsc(NC(=O)c2cccc(C#N)c2)n1. The van der Waals surface area contributed by atoms with E-state index in [2.05, 4.69) is 14.7 Å².